The zero-order valence-electron chi connectivity index (χ0n) is 10.1. The van der Waals surface area contributed by atoms with Crippen LogP contribution in [0.4, 0.5) is 0 Å². The largest absolute Gasteiger partial charge is 0.493 e. The molecule has 1 aromatic rings. The topological polar surface area (TPSA) is 30.5 Å². The molecule has 1 fully saturated rings. The molecule has 0 heterocycles. The summed E-state index contributed by atoms with van der Waals surface area (Å²) in [5.41, 5.74) is 1.28. The van der Waals surface area contributed by atoms with Crippen LogP contribution in [0.15, 0.2) is 18.2 Å². The number of hydrogen-bond donors (Lipinski definition) is 1. The van der Waals surface area contributed by atoms with E-state index in [1.54, 1.807) is 14.2 Å². The summed E-state index contributed by atoms with van der Waals surface area (Å²) in [6.07, 6.45) is 1.24. The normalized spacial score (nSPS) is 22.9. The van der Waals surface area contributed by atoms with E-state index < -0.39 is 0 Å². The lowest BCUT2D eigenvalue weighted by Crippen LogP contribution is -2.10. The number of hydrogen-bond acceptors (Lipinski definition) is 3. The van der Waals surface area contributed by atoms with Crippen molar-refractivity contribution in [2.75, 3.05) is 27.8 Å². The van der Waals surface area contributed by atoms with Crippen LogP contribution in [-0.4, -0.2) is 27.8 Å². The van der Waals surface area contributed by atoms with Crippen molar-refractivity contribution in [1.29, 1.82) is 0 Å². The van der Waals surface area contributed by atoms with Gasteiger partial charge in [-0.25, -0.2) is 0 Å². The molecule has 16 heavy (non-hydrogen) atoms. The fourth-order valence-corrected chi connectivity index (χ4v) is 2.32. The first-order valence-electron chi connectivity index (χ1n) is 5.67. The van der Waals surface area contributed by atoms with Crippen molar-refractivity contribution in [3.8, 4) is 11.5 Å². The molecule has 3 heteroatoms. The van der Waals surface area contributed by atoms with Gasteiger partial charge in [-0.1, -0.05) is 12.1 Å². The minimum Gasteiger partial charge on any atom is -0.493 e. The monoisotopic (exact) mass is 221 g/mol. The highest BCUT2D eigenvalue weighted by Gasteiger charge is 2.39. The Kier molecular flexibility index (Phi) is 3.34. The fraction of sp³-hybridized carbons (Fsp3) is 0.538. The van der Waals surface area contributed by atoms with Crippen molar-refractivity contribution < 1.29 is 9.47 Å². The molecule has 0 aromatic heterocycles. The molecule has 88 valence electrons. The van der Waals surface area contributed by atoms with E-state index >= 15 is 0 Å². The molecular weight excluding hydrogens is 202 g/mol. The molecule has 1 saturated carbocycles. The number of benzene rings is 1. The van der Waals surface area contributed by atoms with Crippen LogP contribution in [-0.2, 0) is 0 Å². The molecule has 0 amide bonds. The SMILES string of the molecule is CNC[C@@H]1C[C@H]1c1cccc(OC)c1OC. The van der Waals surface area contributed by atoms with Crippen molar-refractivity contribution in [3.05, 3.63) is 23.8 Å². The zero-order valence-corrected chi connectivity index (χ0v) is 10.1. The standard InChI is InChI=1S/C13H19NO2/c1-14-8-9-7-11(9)10-5-4-6-12(15-2)13(10)16-3/h4-6,9,11,14H,7-8H2,1-3H3/t9-,11+/m0/s1. The van der Waals surface area contributed by atoms with Crippen molar-refractivity contribution in [2.45, 2.75) is 12.3 Å². The predicted molar refractivity (Wildman–Crippen MR) is 64.3 cm³/mol. The lowest BCUT2D eigenvalue weighted by molar-refractivity contribution is 0.351. The van der Waals surface area contributed by atoms with Crippen LogP contribution >= 0.6 is 0 Å². The highest BCUT2D eigenvalue weighted by Crippen LogP contribution is 2.51. The van der Waals surface area contributed by atoms with Crippen LogP contribution in [0.3, 0.4) is 0 Å². The van der Waals surface area contributed by atoms with Gasteiger partial charge in [0.05, 0.1) is 14.2 Å². The Morgan fingerprint density at radius 3 is 2.75 bits per heavy atom. The van der Waals surface area contributed by atoms with E-state index in [1.165, 1.54) is 12.0 Å². The van der Waals surface area contributed by atoms with Crippen LogP contribution in [0.2, 0.25) is 0 Å². The molecule has 1 N–H and O–H groups in total. The second-order valence-electron chi connectivity index (χ2n) is 4.24. The summed E-state index contributed by atoms with van der Waals surface area (Å²) in [7, 11) is 5.38. The zero-order chi connectivity index (χ0) is 11.5. The van der Waals surface area contributed by atoms with Gasteiger partial charge in [-0.15, -0.1) is 0 Å². The van der Waals surface area contributed by atoms with Crippen LogP contribution in [0.5, 0.6) is 11.5 Å². The van der Waals surface area contributed by atoms with Gasteiger partial charge >= 0.3 is 0 Å². The van der Waals surface area contributed by atoms with Crippen LogP contribution in [0.25, 0.3) is 0 Å². The third-order valence-electron chi connectivity index (χ3n) is 3.22. The summed E-state index contributed by atoms with van der Waals surface area (Å²) >= 11 is 0. The van der Waals surface area contributed by atoms with Crippen molar-refractivity contribution in [3.63, 3.8) is 0 Å². The highest BCUT2D eigenvalue weighted by molar-refractivity contribution is 5.50. The molecule has 2 rings (SSSR count). The Balaban J connectivity index is 2.21. The van der Waals surface area contributed by atoms with Gasteiger partial charge in [0.2, 0.25) is 0 Å². The maximum atomic E-state index is 5.45. The predicted octanol–water partition coefficient (Wildman–Crippen LogP) is 2.03. The quantitative estimate of drug-likeness (QED) is 0.825. The molecule has 0 radical (unpaired) electrons. The molecule has 3 nitrogen and oxygen atoms in total. The van der Waals surface area contributed by atoms with Gasteiger partial charge in [-0.3, -0.25) is 0 Å². The summed E-state index contributed by atoms with van der Waals surface area (Å²) in [6.45, 7) is 1.07. The number of para-hydroxylation sites is 1. The Morgan fingerprint density at radius 2 is 2.12 bits per heavy atom. The van der Waals surface area contributed by atoms with Gasteiger partial charge < -0.3 is 14.8 Å². The summed E-state index contributed by atoms with van der Waals surface area (Å²) in [5, 5.41) is 3.22. The van der Waals surface area contributed by atoms with E-state index in [2.05, 4.69) is 11.4 Å². The van der Waals surface area contributed by atoms with Gasteiger partial charge in [0.1, 0.15) is 0 Å². The average Bonchev–Trinajstić information content (AvgIpc) is 3.07. The van der Waals surface area contributed by atoms with Gasteiger partial charge in [0, 0.05) is 5.56 Å². The number of ether oxygens (including phenoxy) is 2. The van der Waals surface area contributed by atoms with Crippen LogP contribution < -0.4 is 14.8 Å². The lowest BCUT2D eigenvalue weighted by atomic mass is 10.1. The Labute approximate surface area is 96.8 Å². The summed E-state index contributed by atoms with van der Waals surface area (Å²) in [5.74, 6) is 3.09. The second kappa shape index (κ2) is 4.74. The number of rotatable bonds is 5. The maximum Gasteiger partial charge on any atom is 0.164 e. The van der Waals surface area contributed by atoms with Crippen LogP contribution in [0, 0.1) is 5.92 Å². The van der Waals surface area contributed by atoms with E-state index in [0.717, 1.165) is 24.0 Å². The molecule has 0 aliphatic heterocycles. The molecule has 1 aromatic carbocycles. The molecule has 1 aliphatic rings. The lowest BCUT2D eigenvalue weighted by Gasteiger charge is -2.12. The third kappa shape index (κ3) is 2.00. The average molecular weight is 221 g/mol. The number of nitrogens with one attached hydrogen (secondary N) is 1. The maximum absolute atomic E-state index is 5.45. The van der Waals surface area contributed by atoms with E-state index in [0.29, 0.717) is 5.92 Å². The van der Waals surface area contributed by atoms with Crippen molar-refractivity contribution in [2.24, 2.45) is 5.92 Å². The second-order valence-corrected chi connectivity index (χ2v) is 4.24. The van der Waals surface area contributed by atoms with Crippen molar-refractivity contribution >= 4 is 0 Å². The summed E-state index contributed by atoms with van der Waals surface area (Å²) in [6, 6.07) is 6.12. The van der Waals surface area contributed by atoms with E-state index in [9.17, 15) is 0 Å². The minimum absolute atomic E-state index is 0.623. The molecule has 0 spiro atoms. The Hall–Kier alpha value is -1.22. The van der Waals surface area contributed by atoms with Gasteiger partial charge in [-0.05, 0) is 37.9 Å². The molecule has 0 unspecified atom stereocenters. The van der Waals surface area contributed by atoms with Crippen molar-refractivity contribution in [1.82, 2.24) is 5.32 Å². The van der Waals surface area contributed by atoms with E-state index in [1.807, 2.05) is 19.2 Å². The highest BCUT2D eigenvalue weighted by atomic mass is 16.5. The molecule has 1 aliphatic carbocycles. The Morgan fingerprint density at radius 1 is 1.31 bits per heavy atom. The molecule has 0 saturated heterocycles. The van der Waals surface area contributed by atoms with E-state index in [-0.39, 0.29) is 0 Å². The van der Waals surface area contributed by atoms with Gasteiger partial charge in [-0.2, -0.15) is 0 Å². The Bertz CT molecular complexity index is 365. The van der Waals surface area contributed by atoms with Gasteiger partial charge in [0.25, 0.3) is 0 Å². The molecule has 2 atom stereocenters. The van der Waals surface area contributed by atoms with Crippen LogP contribution in [0.1, 0.15) is 17.9 Å². The molecular formula is C13H19NO2. The fourth-order valence-electron chi connectivity index (χ4n) is 2.32. The van der Waals surface area contributed by atoms with Gasteiger partial charge in [0.15, 0.2) is 11.5 Å². The first-order valence-corrected chi connectivity index (χ1v) is 5.67. The third-order valence-corrected chi connectivity index (χ3v) is 3.22. The summed E-state index contributed by atoms with van der Waals surface area (Å²) in [4.78, 5) is 0. The first-order chi connectivity index (χ1) is 7.81. The molecule has 0 bridgehead atoms. The number of methoxy groups -OCH3 is 2. The summed E-state index contributed by atoms with van der Waals surface area (Å²) < 4.78 is 10.8. The van der Waals surface area contributed by atoms with E-state index in [4.69, 9.17) is 9.47 Å². The first kappa shape index (κ1) is 11.3. The minimum atomic E-state index is 0.623. The smallest absolute Gasteiger partial charge is 0.164 e.